The molecule has 2 rings (SSSR count). The Hall–Kier alpha value is -1.65. The van der Waals surface area contributed by atoms with E-state index in [9.17, 15) is 9.18 Å². The van der Waals surface area contributed by atoms with Crippen LogP contribution in [0.4, 0.5) is 4.39 Å². The zero-order chi connectivity index (χ0) is 13.8. The van der Waals surface area contributed by atoms with Crippen LogP contribution in [-0.2, 0) is 6.54 Å². The molecule has 0 bridgehead atoms. The van der Waals surface area contributed by atoms with Gasteiger partial charge in [0.2, 0.25) is 0 Å². The smallest absolute Gasteiger partial charge is 0.253 e. The Morgan fingerprint density at radius 2 is 2.11 bits per heavy atom. The van der Waals surface area contributed by atoms with Crippen molar-refractivity contribution in [1.82, 2.24) is 10.3 Å². The van der Waals surface area contributed by atoms with Gasteiger partial charge in [0.05, 0.1) is 22.8 Å². The van der Waals surface area contributed by atoms with Crippen LogP contribution in [0, 0.1) is 5.82 Å². The topological polar surface area (TPSA) is 42.0 Å². The molecule has 0 aliphatic carbocycles. The Morgan fingerprint density at radius 3 is 2.84 bits per heavy atom. The molecule has 0 saturated carbocycles. The Bertz CT molecular complexity index is 619. The summed E-state index contributed by atoms with van der Waals surface area (Å²) in [6, 6.07) is 7.32. The Morgan fingerprint density at radius 1 is 1.32 bits per heavy atom. The van der Waals surface area contributed by atoms with Gasteiger partial charge in [0.25, 0.3) is 5.91 Å². The number of rotatable bonds is 3. The summed E-state index contributed by atoms with van der Waals surface area (Å²) in [7, 11) is 0. The molecule has 0 saturated heterocycles. The predicted molar refractivity (Wildman–Crippen MR) is 71.8 cm³/mol. The second-order valence-corrected chi connectivity index (χ2v) is 4.58. The van der Waals surface area contributed by atoms with Crippen LogP contribution >= 0.6 is 23.2 Å². The molecule has 98 valence electrons. The van der Waals surface area contributed by atoms with Crippen molar-refractivity contribution in [2.24, 2.45) is 0 Å². The molecule has 19 heavy (non-hydrogen) atoms. The van der Waals surface area contributed by atoms with E-state index in [-0.39, 0.29) is 22.8 Å². The first kappa shape index (κ1) is 13.8. The molecule has 1 N–H and O–H groups in total. The summed E-state index contributed by atoms with van der Waals surface area (Å²) in [6.07, 6.45) is 1.46. The van der Waals surface area contributed by atoms with Crippen LogP contribution < -0.4 is 5.32 Å². The lowest BCUT2D eigenvalue weighted by atomic mass is 10.2. The maximum Gasteiger partial charge on any atom is 0.253 e. The third-order valence-corrected chi connectivity index (χ3v) is 2.99. The summed E-state index contributed by atoms with van der Waals surface area (Å²) in [5, 5.41) is 3.22. The summed E-state index contributed by atoms with van der Waals surface area (Å²) in [5.41, 5.74) is 0.402. The third-order valence-electron chi connectivity index (χ3n) is 2.42. The van der Waals surface area contributed by atoms with Gasteiger partial charge in [-0.3, -0.25) is 9.78 Å². The Labute approximate surface area is 119 Å². The minimum Gasteiger partial charge on any atom is -0.346 e. The highest BCUT2D eigenvalue weighted by Gasteiger charge is 2.12. The van der Waals surface area contributed by atoms with Gasteiger partial charge in [-0.15, -0.1) is 0 Å². The first-order valence-electron chi connectivity index (χ1n) is 5.40. The van der Waals surface area contributed by atoms with Gasteiger partial charge in [-0.25, -0.2) is 4.39 Å². The summed E-state index contributed by atoms with van der Waals surface area (Å²) >= 11 is 11.7. The van der Waals surface area contributed by atoms with E-state index in [1.54, 1.807) is 6.07 Å². The summed E-state index contributed by atoms with van der Waals surface area (Å²) in [6.45, 7) is -0.0195. The van der Waals surface area contributed by atoms with Crippen LogP contribution in [0.2, 0.25) is 10.0 Å². The Kier molecular flexibility index (Phi) is 4.35. The Balaban J connectivity index is 2.10. The molecule has 0 atom stereocenters. The highest BCUT2D eigenvalue weighted by atomic mass is 35.5. The standard InChI is InChI=1S/C13H9Cl2FN2O/c14-8-3-4-10(15)9(6-8)13(19)18-7-12-11(16)2-1-5-17-12/h1-6H,7H2,(H,18,19). The summed E-state index contributed by atoms with van der Waals surface area (Å²) < 4.78 is 13.3. The van der Waals surface area contributed by atoms with E-state index in [1.165, 1.54) is 30.5 Å². The highest BCUT2D eigenvalue weighted by Crippen LogP contribution is 2.20. The van der Waals surface area contributed by atoms with Crippen molar-refractivity contribution in [3.05, 3.63) is 63.6 Å². The SMILES string of the molecule is O=C(NCc1ncccc1F)c1cc(Cl)ccc1Cl. The van der Waals surface area contributed by atoms with E-state index in [4.69, 9.17) is 23.2 Å². The number of nitrogens with zero attached hydrogens (tertiary/aromatic N) is 1. The monoisotopic (exact) mass is 298 g/mol. The van der Waals surface area contributed by atoms with Crippen molar-refractivity contribution in [1.29, 1.82) is 0 Å². The molecule has 0 spiro atoms. The number of amides is 1. The van der Waals surface area contributed by atoms with Crippen LogP contribution in [0.5, 0.6) is 0 Å². The number of halogens is 3. The normalized spacial score (nSPS) is 10.3. The fourth-order valence-electron chi connectivity index (χ4n) is 1.48. The molecule has 1 amide bonds. The highest BCUT2D eigenvalue weighted by molar-refractivity contribution is 6.35. The number of hydrogen-bond donors (Lipinski definition) is 1. The number of aromatic nitrogens is 1. The van der Waals surface area contributed by atoms with Crippen molar-refractivity contribution in [2.45, 2.75) is 6.54 Å². The summed E-state index contributed by atoms with van der Waals surface area (Å²) in [5.74, 6) is -0.905. The minimum atomic E-state index is -0.472. The van der Waals surface area contributed by atoms with Crippen LogP contribution in [-0.4, -0.2) is 10.9 Å². The fraction of sp³-hybridized carbons (Fsp3) is 0.0769. The van der Waals surface area contributed by atoms with Crippen molar-refractivity contribution >= 4 is 29.1 Å². The second-order valence-electron chi connectivity index (χ2n) is 3.74. The van der Waals surface area contributed by atoms with E-state index in [0.717, 1.165) is 0 Å². The third kappa shape index (κ3) is 3.43. The molecular weight excluding hydrogens is 290 g/mol. The van der Waals surface area contributed by atoms with Gasteiger partial charge in [-0.1, -0.05) is 23.2 Å². The quantitative estimate of drug-likeness (QED) is 0.943. The number of hydrogen-bond acceptors (Lipinski definition) is 2. The molecule has 3 nitrogen and oxygen atoms in total. The maximum absolute atomic E-state index is 13.3. The zero-order valence-corrected chi connectivity index (χ0v) is 11.2. The molecular formula is C13H9Cl2FN2O. The van der Waals surface area contributed by atoms with E-state index in [1.807, 2.05) is 0 Å². The maximum atomic E-state index is 13.3. The number of carbonyl (C=O) groups is 1. The molecule has 1 aromatic heterocycles. The van der Waals surface area contributed by atoms with Gasteiger partial charge in [0.15, 0.2) is 0 Å². The van der Waals surface area contributed by atoms with Crippen LogP contribution in [0.25, 0.3) is 0 Å². The number of benzene rings is 1. The van der Waals surface area contributed by atoms with Crippen molar-refractivity contribution in [3.63, 3.8) is 0 Å². The minimum absolute atomic E-state index is 0.0195. The van der Waals surface area contributed by atoms with Gasteiger partial charge in [0, 0.05) is 11.2 Å². The number of pyridine rings is 1. The van der Waals surface area contributed by atoms with Crippen molar-refractivity contribution in [2.75, 3.05) is 0 Å². The lowest BCUT2D eigenvalue weighted by Gasteiger charge is -2.07. The first-order chi connectivity index (χ1) is 9.08. The van der Waals surface area contributed by atoms with Gasteiger partial charge in [-0.2, -0.15) is 0 Å². The molecule has 0 fully saturated rings. The van der Waals surface area contributed by atoms with Crippen molar-refractivity contribution in [3.8, 4) is 0 Å². The second kappa shape index (κ2) is 5.99. The van der Waals surface area contributed by atoms with Gasteiger partial charge in [-0.05, 0) is 30.3 Å². The molecule has 1 heterocycles. The van der Waals surface area contributed by atoms with Crippen LogP contribution in [0.15, 0.2) is 36.5 Å². The molecule has 0 aliphatic rings. The first-order valence-corrected chi connectivity index (χ1v) is 6.16. The molecule has 0 unspecified atom stereocenters. The van der Waals surface area contributed by atoms with E-state index < -0.39 is 11.7 Å². The van der Waals surface area contributed by atoms with E-state index >= 15 is 0 Å². The fourth-order valence-corrected chi connectivity index (χ4v) is 1.85. The lowest BCUT2D eigenvalue weighted by molar-refractivity contribution is 0.0950. The molecule has 2 aromatic rings. The van der Waals surface area contributed by atoms with Gasteiger partial charge in [0.1, 0.15) is 5.82 Å². The number of nitrogens with one attached hydrogen (secondary N) is 1. The lowest BCUT2D eigenvalue weighted by Crippen LogP contribution is -2.24. The number of carbonyl (C=O) groups excluding carboxylic acids is 1. The van der Waals surface area contributed by atoms with Crippen LogP contribution in [0.3, 0.4) is 0 Å². The van der Waals surface area contributed by atoms with Crippen LogP contribution in [0.1, 0.15) is 16.1 Å². The van der Waals surface area contributed by atoms with Gasteiger partial charge >= 0.3 is 0 Å². The van der Waals surface area contributed by atoms with E-state index in [2.05, 4.69) is 10.3 Å². The molecule has 6 heteroatoms. The molecule has 0 aliphatic heterocycles. The summed E-state index contributed by atoms with van der Waals surface area (Å²) in [4.78, 5) is 15.7. The predicted octanol–water partition coefficient (Wildman–Crippen LogP) is 3.46. The van der Waals surface area contributed by atoms with E-state index in [0.29, 0.717) is 5.02 Å². The van der Waals surface area contributed by atoms with Crippen molar-refractivity contribution < 1.29 is 9.18 Å². The van der Waals surface area contributed by atoms with Gasteiger partial charge < -0.3 is 5.32 Å². The molecule has 1 aromatic carbocycles. The average molecular weight is 299 g/mol. The average Bonchev–Trinajstić information content (AvgIpc) is 2.40. The molecule has 0 radical (unpaired) electrons. The largest absolute Gasteiger partial charge is 0.346 e. The zero-order valence-electron chi connectivity index (χ0n) is 9.66.